The summed E-state index contributed by atoms with van der Waals surface area (Å²) >= 11 is 0. The molecule has 74 valence electrons. The summed E-state index contributed by atoms with van der Waals surface area (Å²) in [5, 5.41) is 11.6. The number of benzene rings is 1. The molecule has 0 bridgehead atoms. The van der Waals surface area contributed by atoms with Gasteiger partial charge in [0.25, 0.3) is 0 Å². The Morgan fingerprint density at radius 2 is 2.29 bits per heavy atom. The molecule has 0 amide bonds. The van der Waals surface area contributed by atoms with Crippen molar-refractivity contribution >= 4 is 5.97 Å². The fraction of sp³-hybridized carbons (Fsp3) is 0.300. The van der Waals surface area contributed by atoms with Gasteiger partial charge in [0, 0.05) is 6.54 Å². The van der Waals surface area contributed by atoms with Crippen molar-refractivity contribution in [3.8, 4) is 0 Å². The van der Waals surface area contributed by atoms with Gasteiger partial charge in [-0.15, -0.1) is 0 Å². The van der Waals surface area contributed by atoms with Gasteiger partial charge in [-0.25, -0.2) is 4.39 Å². The molecule has 2 N–H and O–H groups in total. The van der Waals surface area contributed by atoms with Crippen LogP contribution in [0.5, 0.6) is 0 Å². The summed E-state index contributed by atoms with van der Waals surface area (Å²) in [5.41, 5.74) is 1.76. The highest BCUT2D eigenvalue weighted by atomic mass is 19.1. The summed E-state index contributed by atoms with van der Waals surface area (Å²) in [4.78, 5) is 10.7. The summed E-state index contributed by atoms with van der Waals surface area (Å²) in [6, 6.07) is 3.90. The number of hydrogen-bond donors (Lipinski definition) is 2. The van der Waals surface area contributed by atoms with E-state index in [2.05, 4.69) is 5.32 Å². The molecule has 1 aliphatic heterocycles. The van der Waals surface area contributed by atoms with Crippen molar-refractivity contribution in [3.63, 3.8) is 0 Å². The number of aliphatic carboxylic acids is 1. The van der Waals surface area contributed by atoms with Crippen LogP contribution in [0.3, 0.4) is 0 Å². The van der Waals surface area contributed by atoms with Crippen LogP contribution in [0.15, 0.2) is 18.2 Å². The lowest BCUT2D eigenvalue weighted by molar-refractivity contribution is -0.139. The highest BCUT2D eigenvalue weighted by molar-refractivity contribution is 5.74. The lowest BCUT2D eigenvalue weighted by Gasteiger charge is -2.22. The average Bonchev–Trinajstić information content (AvgIpc) is 2.16. The van der Waals surface area contributed by atoms with Crippen molar-refractivity contribution < 1.29 is 14.3 Å². The normalized spacial score (nSPS) is 20.2. The van der Waals surface area contributed by atoms with Crippen LogP contribution in [0.4, 0.5) is 4.39 Å². The van der Waals surface area contributed by atoms with E-state index in [4.69, 9.17) is 5.11 Å². The van der Waals surface area contributed by atoms with Crippen LogP contribution in [0.1, 0.15) is 11.1 Å². The zero-order valence-electron chi connectivity index (χ0n) is 7.46. The minimum atomic E-state index is -0.889. The van der Waals surface area contributed by atoms with Crippen molar-refractivity contribution in [3.05, 3.63) is 35.1 Å². The largest absolute Gasteiger partial charge is 0.480 e. The fourth-order valence-electron chi connectivity index (χ4n) is 1.66. The number of hydrogen-bond acceptors (Lipinski definition) is 2. The Kier molecular flexibility index (Phi) is 2.21. The molecule has 0 fully saturated rings. The summed E-state index contributed by atoms with van der Waals surface area (Å²) in [6.45, 7) is 0.493. The van der Waals surface area contributed by atoms with Crippen molar-refractivity contribution in [1.82, 2.24) is 5.32 Å². The number of halogens is 1. The second kappa shape index (κ2) is 3.38. The van der Waals surface area contributed by atoms with E-state index < -0.39 is 12.0 Å². The van der Waals surface area contributed by atoms with Crippen LogP contribution < -0.4 is 5.32 Å². The molecule has 1 aromatic carbocycles. The molecule has 3 nitrogen and oxygen atoms in total. The molecular formula is C10H10FNO2. The molecule has 4 heteroatoms. The number of carbonyl (C=O) groups is 1. The third-order valence-electron chi connectivity index (χ3n) is 2.43. The molecule has 0 aromatic heterocycles. The van der Waals surface area contributed by atoms with Crippen LogP contribution in [-0.2, 0) is 17.8 Å². The molecule has 1 heterocycles. The molecule has 1 aliphatic rings. The number of fused-ring (bicyclic) bond motifs is 1. The van der Waals surface area contributed by atoms with Crippen molar-refractivity contribution in [1.29, 1.82) is 0 Å². The van der Waals surface area contributed by atoms with Gasteiger partial charge in [-0.3, -0.25) is 4.79 Å². The van der Waals surface area contributed by atoms with Gasteiger partial charge in [0.1, 0.15) is 11.9 Å². The molecule has 0 radical (unpaired) electrons. The standard InChI is InChI=1S/C10H10FNO2/c11-8-2-1-6-5-12-9(10(13)14)4-7(6)3-8/h1-3,9,12H,4-5H2,(H,13,14)/t9-/m1/s1. The zero-order chi connectivity index (χ0) is 10.1. The SMILES string of the molecule is O=C(O)[C@H]1Cc2cc(F)ccc2CN1. The van der Waals surface area contributed by atoms with E-state index in [0.29, 0.717) is 13.0 Å². The van der Waals surface area contributed by atoms with Gasteiger partial charge in [0.15, 0.2) is 0 Å². The maximum Gasteiger partial charge on any atom is 0.321 e. The van der Waals surface area contributed by atoms with Crippen LogP contribution in [0.25, 0.3) is 0 Å². The number of rotatable bonds is 1. The Morgan fingerprint density at radius 1 is 1.50 bits per heavy atom. The Labute approximate surface area is 80.6 Å². The highest BCUT2D eigenvalue weighted by Gasteiger charge is 2.23. The van der Waals surface area contributed by atoms with Gasteiger partial charge in [-0.1, -0.05) is 6.07 Å². The van der Waals surface area contributed by atoms with Crippen LogP contribution in [0, 0.1) is 5.82 Å². The first-order valence-corrected chi connectivity index (χ1v) is 4.40. The molecule has 1 atom stereocenters. The third-order valence-corrected chi connectivity index (χ3v) is 2.43. The van der Waals surface area contributed by atoms with Crippen molar-refractivity contribution in [2.75, 3.05) is 0 Å². The van der Waals surface area contributed by atoms with Gasteiger partial charge < -0.3 is 10.4 Å². The van der Waals surface area contributed by atoms with E-state index in [0.717, 1.165) is 11.1 Å². The van der Waals surface area contributed by atoms with E-state index in [1.807, 2.05) is 0 Å². The molecule has 0 spiro atoms. The predicted molar refractivity (Wildman–Crippen MR) is 48.4 cm³/mol. The van der Waals surface area contributed by atoms with Gasteiger partial charge in [-0.2, -0.15) is 0 Å². The first-order chi connectivity index (χ1) is 6.66. The van der Waals surface area contributed by atoms with E-state index in [1.165, 1.54) is 12.1 Å². The zero-order valence-corrected chi connectivity index (χ0v) is 7.46. The van der Waals surface area contributed by atoms with E-state index in [-0.39, 0.29) is 5.82 Å². The van der Waals surface area contributed by atoms with E-state index >= 15 is 0 Å². The Morgan fingerprint density at radius 3 is 3.00 bits per heavy atom. The summed E-state index contributed by atoms with van der Waals surface area (Å²) in [7, 11) is 0. The minimum Gasteiger partial charge on any atom is -0.480 e. The van der Waals surface area contributed by atoms with Gasteiger partial charge in [0.05, 0.1) is 0 Å². The van der Waals surface area contributed by atoms with Crippen LogP contribution in [-0.4, -0.2) is 17.1 Å². The average molecular weight is 195 g/mol. The molecule has 2 rings (SSSR count). The maximum atomic E-state index is 12.9. The van der Waals surface area contributed by atoms with E-state index in [1.54, 1.807) is 6.07 Å². The number of carboxylic acid groups (broad SMARTS) is 1. The van der Waals surface area contributed by atoms with Crippen molar-refractivity contribution in [2.45, 2.75) is 19.0 Å². The first kappa shape index (κ1) is 9.15. The number of carboxylic acids is 1. The highest BCUT2D eigenvalue weighted by Crippen LogP contribution is 2.17. The predicted octanol–water partition coefficient (Wildman–Crippen LogP) is 0.925. The molecule has 0 saturated carbocycles. The molecule has 14 heavy (non-hydrogen) atoms. The van der Waals surface area contributed by atoms with Crippen molar-refractivity contribution in [2.24, 2.45) is 0 Å². The molecular weight excluding hydrogens is 185 g/mol. The fourth-order valence-corrected chi connectivity index (χ4v) is 1.66. The quantitative estimate of drug-likeness (QED) is 0.700. The summed E-state index contributed by atoms with van der Waals surface area (Å²) in [5.74, 6) is -1.20. The minimum absolute atomic E-state index is 0.310. The van der Waals surface area contributed by atoms with Crippen LogP contribution >= 0.6 is 0 Å². The van der Waals surface area contributed by atoms with Gasteiger partial charge in [-0.05, 0) is 29.7 Å². The lowest BCUT2D eigenvalue weighted by atomic mass is 9.96. The van der Waals surface area contributed by atoms with Gasteiger partial charge in [0.2, 0.25) is 0 Å². The molecule has 0 unspecified atom stereocenters. The second-order valence-corrected chi connectivity index (χ2v) is 3.39. The Balaban J connectivity index is 2.29. The van der Waals surface area contributed by atoms with Crippen LogP contribution in [0.2, 0.25) is 0 Å². The summed E-state index contributed by atoms with van der Waals surface area (Å²) < 4.78 is 12.9. The smallest absolute Gasteiger partial charge is 0.321 e. The second-order valence-electron chi connectivity index (χ2n) is 3.39. The topological polar surface area (TPSA) is 49.3 Å². The Bertz CT molecular complexity index is 378. The maximum absolute atomic E-state index is 12.9. The van der Waals surface area contributed by atoms with Gasteiger partial charge >= 0.3 is 5.97 Å². The monoisotopic (exact) mass is 195 g/mol. The molecule has 0 aliphatic carbocycles. The summed E-state index contributed by atoms with van der Waals surface area (Å²) in [6.07, 6.45) is 0.350. The van der Waals surface area contributed by atoms with E-state index in [9.17, 15) is 9.18 Å². The molecule has 1 aromatic rings. The molecule has 0 saturated heterocycles. The lowest BCUT2D eigenvalue weighted by Crippen LogP contribution is -2.41. The first-order valence-electron chi connectivity index (χ1n) is 4.40. The number of nitrogens with one attached hydrogen (secondary N) is 1. The third kappa shape index (κ3) is 1.61. The Hall–Kier alpha value is -1.42.